The van der Waals surface area contributed by atoms with Crippen LogP contribution < -0.4 is 10.6 Å². The number of aromatic nitrogens is 4. The van der Waals surface area contributed by atoms with Crippen molar-refractivity contribution in [3.8, 4) is 0 Å². The van der Waals surface area contributed by atoms with Gasteiger partial charge in [0.25, 0.3) is 0 Å². The molecule has 0 fully saturated rings. The Labute approximate surface area is 248 Å². The number of carbonyl (C=O) groups is 4. The van der Waals surface area contributed by atoms with Crippen molar-refractivity contribution in [2.24, 2.45) is 0 Å². The number of aliphatic carboxylic acids is 2. The minimum Gasteiger partial charge on any atom is -0.481 e. The van der Waals surface area contributed by atoms with Crippen molar-refractivity contribution in [3.05, 3.63) is 80.8 Å². The van der Waals surface area contributed by atoms with Crippen LogP contribution in [0.2, 0.25) is 0 Å². The van der Waals surface area contributed by atoms with Crippen LogP contribution in [-0.4, -0.2) is 54.4 Å². The summed E-state index contributed by atoms with van der Waals surface area (Å²) in [4.78, 5) is 46.6. The Morgan fingerprint density at radius 1 is 0.595 bits per heavy atom. The quantitative estimate of drug-likeness (QED) is 0.145. The summed E-state index contributed by atoms with van der Waals surface area (Å²) >= 11 is 2.62. The van der Waals surface area contributed by atoms with E-state index in [0.29, 0.717) is 34.2 Å². The summed E-state index contributed by atoms with van der Waals surface area (Å²) in [5, 5.41) is 42.2. The van der Waals surface area contributed by atoms with Crippen molar-refractivity contribution in [1.82, 2.24) is 20.4 Å². The van der Waals surface area contributed by atoms with E-state index >= 15 is 0 Å². The molecular weight excluding hydrogens is 580 g/mol. The number of nitrogens with zero attached hydrogens (tertiary/aromatic N) is 4. The maximum atomic E-state index is 12.4. The number of rotatable bonds is 15. The third-order valence-electron chi connectivity index (χ3n) is 5.88. The molecule has 12 nitrogen and oxygen atoms in total. The number of carboxylic acids is 2. The number of benzene rings is 2. The molecule has 218 valence electrons. The molecule has 0 unspecified atom stereocenters. The summed E-state index contributed by atoms with van der Waals surface area (Å²) in [6.45, 7) is 0. The van der Waals surface area contributed by atoms with Crippen LogP contribution >= 0.6 is 22.7 Å². The van der Waals surface area contributed by atoms with E-state index in [-0.39, 0.29) is 37.5 Å². The molecule has 0 aliphatic heterocycles. The number of carboxylic acid groups (broad SMARTS) is 2. The molecule has 2 amide bonds. The molecule has 14 heteroatoms. The summed E-state index contributed by atoms with van der Waals surface area (Å²) in [6.07, 6.45) is 3.04. The van der Waals surface area contributed by atoms with Gasteiger partial charge in [0.1, 0.15) is 10.0 Å². The van der Waals surface area contributed by atoms with Crippen LogP contribution in [0.3, 0.4) is 0 Å². The minimum absolute atomic E-state index is 0.0970. The van der Waals surface area contributed by atoms with Crippen LogP contribution in [0.15, 0.2) is 48.5 Å². The van der Waals surface area contributed by atoms with Crippen LogP contribution in [0, 0.1) is 0 Å². The lowest BCUT2D eigenvalue weighted by molar-refractivity contribution is -0.137. The van der Waals surface area contributed by atoms with Crippen LogP contribution in [-0.2, 0) is 57.7 Å². The van der Waals surface area contributed by atoms with Gasteiger partial charge in [-0.05, 0) is 35.1 Å². The van der Waals surface area contributed by atoms with Crippen LogP contribution in [0.4, 0.5) is 10.3 Å². The predicted octanol–water partition coefficient (Wildman–Crippen LogP) is 3.57. The van der Waals surface area contributed by atoms with Crippen molar-refractivity contribution in [2.45, 2.75) is 51.4 Å². The van der Waals surface area contributed by atoms with E-state index < -0.39 is 11.9 Å². The first kappa shape index (κ1) is 30.4. The number of nitrogens with one attached hydrogen (secondary N) is 2. The second-order valence-corrected chi connectivity index (χ2v) is 11.6. The standard InChI is InChI=1S/C28H28N6O6S2/c35-21(13-17-5-3-7-19(11-17)15-25(37)38)29-27-33-31-23(41-27)9-1-2-10-24-32-34-28(42-24)30-22(36)14-18-6-4-8-20(12-18)16-26(39)40/h3-8,11-12H,1-2,9-10,13-16H2,(H,37,38)(H,39,40)(H,29,33,35)(H,30,34,36). The van der Waals surface area contributed by atoms with Crippen LogP contribution in [0.1, 0.15) is 45.1 Å². The SMILES string of the molecule is O=C(O)Cc1cccc(CC(=O)Nc2nnc(CCCCc3nnc(NC(=O)Cc4cccc(CC(=O)O)c4)s3)s2)c1. The summed E-state index contributed by atoms with van der Waals surface area (Å²) in [7, 11) is 0. The Kier molecular flexibility index (Phi) is 10.8. The first-order valence-electron chi connectivity index (χ1n) is 13.1. The summed E-state index contributed by atoms with van der Waals surface area (Å²) in [6, 6.07) is 13.9. The molecule has 2 aromatic carbocycles. The first-order valence-corrected chi connectivity index (χ1v) is 14.7. The lowest BCUT2D eigenvalue weighted by atomic mass is 10.1. The largest absolute Gasteiger partial charge is 0.481 e. The van der Waals surface area contributed by atoms with Gasteiger partial charge in [0.05, 0.1) is 25.7 Å². The van der Waals surface area contributed by atoms with Gasteiger partial charge in [-0.15, -0.1) is 20.4 Å². The zero-order valence-corrected chi connectivity index (χ0v) is 24.0. The molecule has 0 bridgehead atoms. The van der Waals surface area contributed by atoms with Crippen LogP contribution in [0.5, 0.6) is 0 Å². The fourth-order valence-electron chi connectivity index (χ4n) is 4.11. The van der Waals surface area contributed by atoms with Gasteiger partial charge in [-0.3, -0.25) is 19.2 Å². The topological polar surface area (TPSA) is 184 Å². The van der Waals surface area contributed by atoms with Gasteiger partial charge in [-0.1, -0.05) is 71.2 Å². The molecular formula is C28H28N6O6S2. The second kappa shape index (κ2) is 14.9. The van der Waals surface area contributed by atoms with Crippen molar-refractivity contribution >= 4 is 56.7 Å². The third-order valence-corrected chi connectivity index (χ3v) is 7.68. The van der Waals surface area contributed by atoms with E-state index in [4.69, 9.17) is 10.2 Å². The monoisotopic (exact) mass is 608 g/mol. The summed E-state index contributed by atoms with van der Waals surface area (Å²) < 4.78 is 0. The van der Waals surface area contributed by atoms with E-state index in [0.717, 1.165) is 34.0 Å². The van der Waals surface area contributed by atoms with Gasteiger partial charge in [0, 0.05) is 12.8 Å². The lowest BCUT2D eigenvalue weighted by Crippen LogP contribution is -2.14. The highest BCUT2D eigenvalue weighted by Crippen LogP contribution is 2.21. The van der Waals surface area contributed by atoms with Crippen molar-refractivity contribution in [2.75, 3.05) is 10.6 Å². The summed E-state index contributed by atoms with van der Waals surface area (Å²) in [5.74, 6) is -2.36. The number of anilines is 2. The van der Waals surface area contributed by atoms with Gasteiger partial charge >= 0.3 is 11.9 Å². The molecule has 42 heavy (non-hydrogen) atoms. The lowest BCUT2D eigenvalue weighted by Gasteiger charge is -2.04. The molecule has 4 aromatic rings. The van der Waals surface area contributed by atoms with Gasteiger partial charge in [0.2, 0.25) is 22.1 Å². The van der Waals surface area contributed by atoms with Gasteiger partial charge in [0.15, 0.2) is 0 Å². The smallest absolute Gasteiger partial charge is 0.307 e. The molecule has 0 spiro atoms. The molecule has 0 aliphatic carbocycles. The number of aryl methyl sites for hydroxylation is 2. The number of carbonyl (C=O) groups excluding carboxylic acids is 2. The molecule has 0 saturated carbocycles. The molecule has 2 aromatic heterocycles. The Bertz CT molecular complexity index is 1450. The number of unbranched alkanes of at least 4 members (excludes halogenated alkanes) is 1. The highest BCUT2D eigenvalue weighted by molar-refractivity contribution is 7.15. The fraction of sp³-hybridized carbons (Fsp3) is 0.286. The Morgan fingerprint density at radius 3 is 1.36 bits per heavy atom. The molecule has 0 aliphatic rings. The van der Waals surface area contributed by atoms with Crippen molar-refractivity contribution < 1.29 is 29.4 Å². The Hall–Kier alpha value is -4.56. The molecule has 0 radical (unpaired) electrons. The molecule has 0 saturated heterocycles. The zero-order chi connectivity index (χ0) is 29.9. The normalized spacial score (nSPS) is 10.8. The highest BCUT2D eigenvalue weighted by atomic mass is 32.1. The maximum Gasteiger partial charge on any atom is 0.307 e. The third kappa shape index (κ3) is 10.1. The van der Waals surface area contributed by atoms with Gasteiger partial charge in [-0.2, -0.15) is 0 Å². The van der Waals surface area contributed by atoms with E-state index in [1.54, 1.807) is 48.5 Å². The van der Waals surface area contributed by atoms with E-state index in [2.05, 4.69) is 31.0 Å². The van der Waals surface area contributed by atoms with E-state index in [1.165, 1.54) is 22.7 Å². The van der Waals surface area contributed by atoms with Gasteiger partial charge < -0.3 is 20.8 Å². The number of hydrogen-bond donors (Lipinski definition) is 4. The predicted molar refractivity (Wildman–Crippen MR) is 157 cm³/mol. The van der Waals surface area contributed by atoms with Crippen molar-refractivity contribution in [1.29, 1.82) is 0 Å². The average molecular weight is 609 g/mol. The Balaban J connectivity index is 1.16. The average Bonchev–Trinajstić information content (AvgIpc) is 3.55. The molecule has 4 N–H and O–H groups in total. The Morgan fingerprint density at radius 2 is 0.976 bits per heavy atom. The maximum absolute atomic E-state index is 12.4. The summed E-state index contributed by atoms with van der Waals surface area (Å²) in [5.41, 5.74) is 2.72. The molecule has 0 atom stereocenters. The molecule has 4 rings (SSSR count). The minimum atomic E-state index is -0.925. The number of hydrogen-bond acceptors (Lipinski definition) is 10. The highest BCUT2D eigenvalue weighted by Gasteiger charge is 2.12. The van der Waals surface area contributed by atoms with Gasteiger partial charge in [-0.25, -0.2) is 0 Å². The van der Waals surface area contributed by atoms with Crippen molar-refractivity contribution in [3.63, 3.8) is 0 Å². The first-order chi connectivity index (χ1) is 20.2. The zero-order valence-electron chi connectivity index (χ0n) is 22.4. The number of amides is 2. The van der Waals surface area contributed by atoms with E-state index in [9.17, 15) is 19.2 Å². The molecule has 2 heterocycles. The second-order valence-electron chi connectivity index (χ2n) is 9.44. The van der Waals surface area contributed by atoms with E-state index in [1.807, 2.05) is 0 Å². The van der Waals surface area contributed by atoms with Crippen LogP contribution in [0.25, 0.3) is 0 Å². The fourth-order valence-corrected chi connectivity index (χ4v) is 5.70.